The van der Waals surface area contributed by atoms with Crippen molar-refractivity contribution in [2.24, 2.45) is 11.0 Å². The molecule has 0 bridgehead atoms. The van der Waals surface area contributed by atoms with Crippen molar-refractivity contribution in [3.05, 3.63) is 46.7 Å². The van der Waals surface area contributed by atoms with Gasteiger partial charge in [0, 0.05) is 51.3 Å². The molecule has 3 aliphatic rings. The smallest absolute Gasteiger partial charge is 0.269 e. The average molecular weight is 481 g/mol. The van der Waals surface area contributed by atoms with Gasteiger partial charge in [-0.1, -0.05) is 32.0 Å². The molecular weight excluding hydrogens is 448 g/mol. The molecule has 2 aromatic rings. The van der Waals surface area contributed by atoms with Gasteiger partial charge in [-0.05, 0) is 35.9 Å². The predicted molar refractivity (Wildman–Crippen MR) is 136 cm³/mol. The van der Waals surface area contributed by atoms with E-state index >= 15 is 0 Å². The van der Waals surface area contributed by atoms with E-state index in [-0.39, 0.29) is 18.1 Å². The van der Waals surface area contributed by atoms with E-state index in [1.54, 1.807) is 0 Å². The lowest BCUT2D eigenvalue weighted by molar-refractivity contribution is -0.131. The molecular formula is C25H32N6O2S. The second kappa shape index (κ2) is 9.66. The van der Waals surface area contributed by atoms with Crippen molar-refractivity contribution in [2.45, 2.75) is 39.4 Å². The number of carbonyl (C=O) groups is 2. The van der Waals surface area contributed by atoms with E-state index in [4.69, 9.17) is 0 Å². The molecule has 1 atom stereocenters. The Morgan fingerprint density at radius 2 is 1.91 bits per heavy atom. The fraction of sp³-hybridized carbons (Fsp3) is 0.480. The molecule has 1 aromatic heterocycles. The Labute approximate surface area is 204 Å². The number of piperazine rings is 1. The van der Waals surface area contributed by atoms with E-state index in [2.05, 4.69) is 58.4 Å². The number of amidine groups is 1. The molecule has 2 amide bonds. The average Bonchev–Trinajstić information content (AvgIpc) is 3.50. The van der Waals surface area contributed by atoms with Gasteiger partial charge in [0.25, 0.3) is 5.91 Å². The number of rotatable bonds is 7. The Morgan fingerprint density at radius 1 is 1.15 bits per heavy atom. The largest absolute Gasteiger partial charge is 0.368 e. The molecule has 1 N–H and O–H groups in total. The van der Waals surface area contributed by atoms with Gasteiger partial charge in [-0.3, -0.25) is 24.8 Å². The van der Waals surface area contributed by atoms with Crippen LogP contribution in [0.1, 0.15) is 42.8 Å². The topological polar surface area (TPSA) is 71.5 Å². The minimum absolute atomic E-state index is 0.0636. The molecule has 1 unspecified atom stereocenters. The maximum atomic E-state index is 13.0. The second-order valence-electron chi connectivity index (χ2n) is 9.44. The number of benzene rings is 1. The van der Waals surface area contributed by atoms with E-state index in [0.29, 0.717) is 25.3 Å². The summed E-state index contributed by atoms with van der Waals surface area (Å²) in [6.07, 6.45) is 1.65. The molecule has 4 heterocycles. The highest BCUT2D eigenvalue weighted by atomic mass is 32.1. The molecule has 9 heteroatoms. The van der Waals surface area contributed by atoms with Gasteiger partial charge in [-0.2, -0.15) is 5.10 Å². The first-order chi connectivity index (χ1) is 16.5. The third-order valence-corrected chi connectivity index (χ3v) is 7.48. The number of para-hydroxylation sites is 1. The first-order valence-corrected chi connectivity index (χ1v) is 13.0. The molecule has 0 saturated carbocycles. The lowest BCUT2D eigenvalue weighted by atomic mass is 10.1. The van der Waals surface area contributed by atoms with Crippen molar-refractivity contribution in [3.63, 3.8) is 0 Å². The molecule has 34 heavy (non-hydrogen) atoms. The Hall–Kier alpha value is -3.07. The zero-order valence-corrected chi connectivity index (χ0v) is 20.6. The summed E-state index contributed by atoms with van der Waals surface area (Å²) < 4.78 is 0. The second-order valence-corrected chi connectivity index (χ2v) is 10.4. The van der Waals surface area contributed by atoms with Gasteiger partial charge in [-0.25, -0.2) is 0 Å². The van der Waals surface area contributed by atoms with Crippen LogP contribution in [0, 0.1) is 5.92 Å². The fourth-order valence-electron chi connectivity index (χ4n) is 4.92. The maximum absolute atomic E-state index is 13.0. The molecule has 3 aliphatic heterocycles. The van der Waals surface area contributed by atoms with Gasteiger partial charge in [0.15, 0.2) is 0 Å². The Morgan fingerprint density at radius 3 is 2.65 bits per heavy atom. The first-order valence-electron chi connectivity index (χ1n) is 12.1. The van der Waals surface area contributed by atoms with Crippen LogP contribution < -0.4 is 15.2 Å². The summed E-state index contributed by atoms with van der Waals surface area (Å²) in [5.41, 5.74) is 5.31. The highest BCUT2D eigenvalue weighted by molar-refractivity contribution is 7.12. The van der Waals surface area contributed by atoms with Crippen molar-refractivity contribution in [3.8, 4) is 0 Å². The lowest BCUT2D eigenvalue weighted by Crippen LogP contribution is -2.59. The van der Waals surface area contributed by atoms with E-state index in [9.17, 15) is 9.59 Å². The summed E-state index contributed by atoms with van der Waals surface area (Å²) >= 11 is 1.48. The molecule has 1 saturated heterocycles. The molecule has 0 spiro atoms. The molecule has 8 nitrogen and oxygen atoms in total. The quantitative estimate of drug-likeness (QED) is 0.658. The molecule has 1 aromatic carbocycles. The number of hydrogen-bond acceptors (Lipinski definition) is 7. The van der Waals surface area contributed by atoms with Crippen LogP contribution in [0.5, 0.6) is 0 Å². The third-order valence-electron chi connectivity index (χ3n) is 6.59. The third kappa shape index (κ3) is 4.36. The van der Waals surface area contributed by atoms with Gasteiger partial charge in [-0.15, -0.1) is 11.3 Å². The lowest BCUT2D eigenvalue weighted by Gasteiger charge is -2.40. The Bertz CT molecular complexity index is 1060. The van der Waals surface area contributed by atoms with Gasteiger partial charge in [0.1, 0.15) is 10.7 Å². The molecule has 5 rings (SSSR count). The maximum Gasteiger partial charge on any atom is 0.269 e. The van der Waals surface area contributed by atoms with Crippen molar-refractivity contribution in [1.82, 2.24) is 15.2 Å². The molecule has 0 radical (unpaired) electrons. The monoisotopic (exact) mass is 480 g/mol. The van der Waals surface area contributed by atoms with Gasteiger partial charge >= 0.3 is 0 Å². The number of nitrogens with zero attached hydrogens (tertiary/aromatic N) is 5. The van der Waals surface area contributed by atoms with Crippen LogP contribution in [0.3, 0.4) is 0 Å². The number of hydrogen-bond donors (Lipinski definition) is 1. The Balaban J connectivity index is 1.16. The van der Waals surface area contributed by atoms with Crippen LogP contribution in [-0.4, -0.2) is 66.5 Å². The number of carbonyl (C=O) groups excluding carboxylic acids is 2. The van der Waals surface area contributed by atoms with Crippen LogP contribution in [0.15, 0.2) is 46.9 Å². The van der Waals surface area contributed by atoms with Gasteiger partial charge in [0.2, 0.25) is 12.2 Å². The summed E-state index contributed by atoms with van der Waals surface area (Å²) in [4.78, 5) is 35.0. The zero-order valence-electron chi connectivity index (χ0n) is 19.8. The van der Waals surface area contributed by atoms with Gasteiger partial charge < -0.3 is 9.80 Å². The number of thiophene rings is 1. The summed E-state index contributed by atoms with van der Waals surface area (Å²) in [6.45, 7) is 8.14. The predicted octanol–water partition coefficient (Wildman–Crippen LogP) is 3.39. The van der Waals surface area contributed by atoms with Crippen molar-refractivity contribution in [2.75, 3.05) is 42.5 Å². The number of hydrazone groups is 1. The summed E-state index contributed by atoms with van der Waals surface area (Å²) in [5.74, 6) is 1.53. The molecule has 0 aliphatic carbocycles. The fourth-order valence-corrected chi connectivity index (χ4v) is 5.76. The Kier molecular flexibility index (Phi) is 6.45. The highest BCUT2D eigenvalue weighted by Crippen LogP contribution is 2.37. The van der Waals surface area contributed by atoms with E-state index in [1.165, 1.54) is 17.0 Å². The molecule has 180 valence electrons. The number of anilines is 2. The highest BCUT2D eigenvalue weighted by Gasteiger charge is 2.43. The summed E-state index contributed by atoms with van der Waals surface area (Å²) in [7, 11) is 0. The first kappa shape index (κ1) is 22.7. The van der Waals surface area contributed by atoms with Gasteiger partial charge in [0.05, 0.1) is 5.69 Å². The molecule has 1 fully saturated rings. The number of fused-ring (bicyclic) bond motifs is 3. The van der Waals surface area contributed by atoms with Crippen LogP contribution in [0.4, 0.5) is 11.4 Å². The summed E-state index contributed by atoms with van der Waals surface area (Å²) in [5, 5.41) is 6.54. The van der Waals surface area contributed by atoms with Crippen LogP contribution >= 0.6 is 11.3 Å². The van der Waals surface area contributed by atoms with E-state index in [0.717, 1.165) is 49.0 Å². The number of amides is 2. The minimum Gasteiger partial charge on any atom is -0.368 e. The van der Waals surface area contributed by atoms with Crippen LogP contribution in [0.2, 0.25) is 0 Å². The standard InChI is InChI=1S/C25H32N6O2S/c1-18(2)17-30-24(33)23-20(11-16-34-23)31-21(26-27-25(30)31)9-6-10-22(32)29-14-12-28(13-15-29)19-7-4-3-5-8-19/h3-5,7-8,11,16,18,25,27H,6,9-10,12-15,17H2,1-2H3. The van der Waals surface area contributed by atoms with Crippen molar-refractivity contribution >= 4 is 40.4 Å². The van der Waals surface area contributed by atoms with Crippen LogP contribution in [0.25, 0.3) is 0 Å². The van der Waals surface area contributed by atoms with Crippen molar-refractivity contribution in [1.29, 1.82) is 0 Å². The minimum atomic E-state index is -0.284. The zero-order chi connectivity index (χ0) is 23.7. The normalized spacial score (nSPS) is 19.8. The van der Waals surface area contributed by atoms with E-state index < -0.39 is 0 Å². The number of nitrogens with one attached hydrogen (secondary N) is 1. The van der Waals surface area contributed by atoms with Crippen LogP contribution in [-0.2, 0) is 4.79 Å². The van der Waals surface area contributed by atoms with Crippen molar-refractivity contribution < 1.29 is 9.59 Å². The SMILES string of the molecule is CC(C)CN1C(=O)c2sccc2N2C(CCCC(=O)N3CCN(c4ccccc4)CC3)=NNC12. The van der Waals surface area contributed by atoms with E-state index in [1.807, 2.05) is 27.3 Å². The summed E-state index contributed by atoms with van der Waals surface area (Å²) in [6, 6.07) is 12.4.